The van der Waals surface area contributed by atoms with Crippen LogP contribution in [-0.4, -0.2) is 30.4 Å². The fraction of sp³-hybridized carbons (Fsp3) is 0.276. The Labute approximate surface area is 208 Å². The Hall–Kier alpha value is -4.13. The van der Waals surface area contributed by atoms with Crippen LogP contribution in [0.5, 0.6) is 0 Å². The topological polar surface area (TPSA) is 78.0 Å². The summed E-state index contributed by atoms with van der Waals surface area (Å²) in [6.45, 7) is 4.55. The van der Waals surface area contributed by atoms with E-state index >= 15 is 0 Å². The van der Waals surface area contributed by atoms with Gasteiger partial charge in [-0.3, -0.25) is 9.36 Å². The van der Waals surface area contributed by atoms with Crippen molar-refractivity contribution in [1.29, 1.82) is 0 Å². The molecule has 5 aromatic rings. The number of aryl methyl sites for hydroxylation is 2. The minimum absolute atomic E-state index is 0.0900. The van der Waals surface area contributed by atoms with Crippen molar-refractivity contribution in [2.75, 3.05) is 0 Å². The Morgan fingerprint density at radius 2 is 1.72 bits per heavy atom. The van der Waals surface area contributed by atoms with Gasteiger partial charge >= 0.3 is 0 Å². The van der Waals surface area contributed by atoms with E-state index in [-0.39, 0.29) is 5.56 Å². The fourth-order valence-electron chi connectivity index (χ4n) is 4.95. The lowest BCUT2D eigenvalue weighted by Gasteiger charge is -2.14. The number of rotatable bonds is 5. The zero-order valence-electron chi connectivity index (χ0n) is 20.6. The lowest BCUT2D eigenvalue weighted by Crippen LogP contribution is -2.24. The molecule has 7 heteroatoms. The molecule has 0 bridgehead atoms. The monoisotopic (exact) mass is 476 g/mol. The van der Waals surface area contributed by atoms with Crippen LogP contribution in [0.1, 0.15) is 49.1 Å². The molecule has 0 saturated carbocycles. The van der Waals surface area contributed by atoms with Gasteiger partial charge in [-0.25, -0.2) is 15.0 Å². The van der Waals surface area contributed by atoms with Crippen molar-refractivity contribution in [2.24, 2.45) is 5.10 Å². The van der Waals surface area contributed by atoms with Crippen LogP contribution >= 0.6 is 0 Å². The van der Waals surface area contributed by atoms with E-state index < -0.39 is 0 Å². The van der Waals surface area contributed by atoms with E-state index in [2.05, 4.69) is 13.0 Å². The number of hydrogen-bond acceptors (Lipinski definition) is 5. The lowest BCUT2D eigenvalue weighted by atomic mass is 9.97. The van der Waals surface area contributed by atoms with Gasteiger partial charge < -0.3 is 0 Å². The van der Waals surface area contributed by atoms with Crippen molar-refractivity contribution < 1.29 is 0 Å². The Balaban J connectivity index is 1.55. The SMILES string of the molecule is Cc1ccc(/C=N/n2c3nc4ccccc4nc3c3c(=O)n(CCC4=CCCCC4)c(C)nc32)cc1. The zero-order valence-corrected chi connectivity index (χ0v) is 20.6. The Bertz CT molecular complexity index is 1720. The normalized spacial score (nSPS) is 14.3. The Kier molecular flexibility index (Phi) is 5.68. The molecule has 0 fully saturated rings. The third kappa shape index (κ3) is 4.00. The molecular formula is C29H28N6O. The molecule has 0 amide bonds. The van der Waals surface area contributed by atoms with Gasteiger partial charge in [-0.2, -0.15) is 9.78 Å². The summed E-state index contributed by atoms with van der Waals surface area (Å²) in [5.41, 5.74) is 6.53. The van der Waals surface area contributed by atoms with Crippen LogP contribution in [0.15, 0.2) is 70.1 Å². The first-order chi connectivity index (χ1) is 17.6. The molecule has 0 unspecified atom stereocenters. The van der Waals surface area contributed by atoms with Crippen molar-refractivity contribution in [3.8, 4) is 0 Å². The van der Waals surface area contributed by atoms with Gasteiger partial charge in [-0.1, -0.05) is 53.6 Å². The number of allylic oxidation sites excluding steroid dienone is 2. The van der Waals surface area contributed by atoms with E-state index in [9.17, 15) is 4.79 Å². The third-order valence-electron chi connectivity index (χ3n) is 6.97. The van der Waals surface area contributed by atoms with Gasteiger partial charge in [0.15, 0.2) is 11.3 Å². The smallest absolute Gasteiger partial charge is 0.265 e. The standard InChI is InChI=1S/C29H28N6O/c1-19-12-14-22(15-13-19)18-30-35-27-25(26-28(35)33-24-11-7-6-10-23(24)32-26)29(36)34(20(2)31-27)17-16-21-8-4-3-5-9-21/h6-8,10-15,18H,3-5,9,16-17H2,1-2H3/b30-18+. The van der Waals surface area contributed by atoms with Crippen LogP contribution in [0.2, 0.25) is 0 Å². The number of fused-ring (bicyclic) bond motifs is 4. The minimum atomic E-state index is -0.0900. The van der Waals surface area contributed by atoms with E-state index in [0.29, 0.717) is 34.6 Å². The molecule has 0 N–H and O–H groups in total. The van der Waals surface area contributed by atoms with Crippen molar-refractivity contribution in [2.45, 2.75) is 52.5 Å². The molecule has 1 aliphatic carbocycles. The van der Waals surface area contributed by atoms with Gasteiger partial charge in [0.2, 0.25) is 0 Å². The van der Waals surface area contributed by atoms with Crippen molar-refractivity contribution in [3.63, 3.8) is 0 Å². The van der Waals surface area contributed by atoms with Crippen LogP contribution in [0.25, 0.3) is 33.2 Å². The minimum Gasteiger partial charge on any atom is -0.296 e. The first-order valence-electron chi connectivity index (χ1n) is 12.6. The van der Waals surface area contributed by atoms with Crippen LogP contribution in [0, 0.1) is 13.8 Å². The Morgan fingerprint density at radius 3 is 2.47 bits per heavy atom. The summed E-state index contributed by atoms with van der Waals surface area (Å²) in [6.07, 6.45) is 9.71. The molecule has 0 aliphatic heterocycles. The van der Waals surface area contributed by atoms with Crippen molar-refractivity contribution in [1.82, 2.24) is 24.2 Å². The van der Waals surface area contributed by atoms with Crippen LogP contribution in [0.4, 0.5) is 0 Å². The predicted molar refractivity (Wildman–Crippen MR) is 145 cm³/mol. The van der Waals surface area contributed by atoms with Crippen LogP contribution in [0.3, 0.4) is 0 Å². The quantitative estimate of drug-likeness (QED) is 0.241. The summed E-state index contributed by atoms with van der Waals surface area (Å²) < 4.78 is 3.44. The second kappa shape index (κ2) is 9.15. The van der Waals surface area contributed by atoms with E-state index in [1.165, 1.54) is 24.0 Å². The molecule has 7 nitrogen and oxygen atoms in total. The molecule has 0 spiro atoms. The maximum absolute atomic E-state index is 13.9. The summed E-state index contributed by atoms with van der Waals surface area (Å²) in [4.78, 5) is 28.4. The van der Waals surface area contributed by atoms with Gasteiger partial charge in [0, 0.05) is 6.54 Å². The molecule has 6 rings (SSSR count). The molecular weight excluding hydrogens is 448 g/mol. The number of hydrogen-bond donors (Lipinski definition) is 0. The molecule has 180 valence electrons. The number of nitrogens with zero attached hydrogens (tertiary/aromatic N) is 6. The fourth-order valence-corrected chi connectivity index (χ4v) is 4.95. The van der Waals surface area contributed by atoms with Gasteiger partial charge in [-0.05, 0) is 63.6 Å². The number of para-hydroxylation sites is 2. The van der Waals surface area contributed by atoms with Gasteiger partial charge in [0.25, 0.3) is 5.56 Å². The van der Waals surface area contributed by atoms with Gasteiger partial charge in [-0.15, -0.1) is 0 Å². The molecule has 0 radical (unpaired) electrons. The zero-order chi connectivity index (χ0) is 24.6. The maximum atomic E-state index is 13.9. The Morgan fingerprint density at radius 1 is 0.944 bits per heavy atom. The first kappa shape index (κ1) is 22.3. The average molecular weight is 477 g/mol. The van der Waals surface area contributed by atoms with Gasteiger partial charge in [0.1, 0.15) is 16.7 Å². The molecule has 2 aromatic carbocycles. The third-order valence-corrected chi connectivity index (χ3v) is 6.97. The highest BCUT2D eigenvalue weighted by molar-refractivity contribution is 6.05. The molecule has 0 atom stereocenters. The first-order valence-corrected chi connectivity index (χ1v) is 12.6. The highest BCUT2D eigenvalue weighted by Gasteiger charge is 2.21. The van der Waals surface area contributed by atoms with E-state index in [4.69, 9.17) is 20.1 Å². The molecule has 3 aromatic heterocycles. The largest absolute Gasteiger partial charge is 0.296 e. The summed E-state index contributed by atoms with van der Waals surface area (Å²) >= 11 is 0. The molecule has 36 heavy (non-hydrogen) atoms. The molecule has 3 heterocycles. The number of benzene rings is 2. The van der Waals surface area contributed by atoms with Crippen LogP contribution < -0.4 is 5.56 Å². The van der Waals surface area contributed by atoms with Gasteiger partial charge in [0.05, 0.1) is 17.2 Å². The molecule has 1 aliphatic rings. The van der Waals surface area contributed by atoms with E-state index in [1.54, 1.807) is 15.5 Å². The van der Waals surface area contributed by atoms with Crippen molar-refractivity contribution >= 4 is 39.4 Å². The van der Waals surface area contributed by atoms with E-state index in [1.807, 2.05) is 55.5 Å². The average Bonchev–Trinajstić information content (AvgIpc) is 3.19. The highest BCUT2D eigenvalue weighted by atomic mass is 16.1. The molecule has 0 saturated heterocycles. The van der Waals surface area contributed by atoms with Crippen molar-refractivity contribution in [3.05, 3.63) is 87.5 Å². The second-order valence-electron chi connectivity index (χ2n) is 9.52. The number of aromatic nitrogens is 5. The lowest BCUT2D eigenvalue weighted by molar-refractivity contribution is 0.597. The maximum Gasteiger partial charge on any atom is 0.265 e. The summed E-state index contributed by atoms with van der Waals surface area (Å²) in [5, 5.41) is 5.20. The second-order valence-corrected chi connectivity index (χ2v) is 9.52. The summed E-state index contributed by atoms with van der Waals surface area (Å²) in [6, 6.07) is 15.8. The predicted octanol–water partition coefficient (Wildman–Crippen LogP) is 5.68. The summed E-state index contributed by atoms with van der Waals surface area (Å²) in [5.74, 6) is 0.669. The summed E-state index contributed by atoms with van der Waals surface area (Å²) in [7, 11) is 0. The highest BCUT2D eigenvalue weighted by Crippen LogP contribution is 2.26. The van der Waals surface area contributed by atoms with Crippen LogP contribution in [-0.2, 0) is 6.54 Å². The van der Waals surface area contributed by atoms with E-state index in [0.717, 1.165) is 35.9 Å².